The van der Waals surface area contributed by atoms with Crippen LogP contribution in [0.5, 0.6) is 0 Å². The van der Waals surface area contributed by atoms with Gasteiger partial charge in [-0.05, 0) is 39.8 Å². The SMILES string of the molecule is Cc1n[nH]c(C)c1S(=O)(=O)N(C)C1CCNCC1. The van der Waals surface area contributed by atoms with E-state index in [1.165, 1.54) is 4.31 Å². The van der Waals surface area contributed by atoms with Crippen molar-refractivity contribution in [1.82, 2.24) is 19.8 Å². The summed E-state index contributed by atoms with van der Waals surface area (Å²) in [5.41, 5.74) is 1.14. The van der Waals surface area contributed by atoms with Crippen LogP contribution in [0.25, 0.3) is 0 Å². The second kappa shape index (κ2) is 4.99. The molecule has 7 heteroatoms. The van der Waals surface area contributed by atoms with Crippen LogP contribution in [0.15, 0.2) is 4.90 Å². The molecular formula is C11H20N4O2S. The summed E-state index contributed by atoms with van der Waals surface area (Å²) in [5, 5.41) is 9.94. The number of aromatic nitrogens is 2. The Balaban J connectivity index is 2.30. The lowest BCUT2D eigenvalue weighted by Crippen LogP contribution is -2.44. The van der Waals surface area contributed by atoms with Crippen LogP contribution < -0.4 is 5.32 Å². The van der Waals surface area contributed by atoms with Crippen molar-refractivity contribution in [3.8, 4) is 0 Å². The van der Waals surface area contributed by atoms with Gasteiger partial charge in [0.25, 0.3) is 0 Å². The number of aromatic amines is 1. The highest BCUT2D eigenvalue weighted by Crippen LogP contribution is 2.24. The topological polar surface area (TPSA) is 78.1 Å². The Hall–Kier alpha value is -0.920. The highest BCUT2D eigenvalue weighted by Gasteiger charge is 2.32. The Morgan fingerprint density at radius 3 is 2.39 bits per heavy atom. The molecule has 0 saturated carbocycles. The molecule has 0 aromatic carbocycles. The Kier molecular flexibility index (Phi) is 3.74. The molecule has 0 unspecified atom stereocenters. The van der Waals surface area contributed by atoms with E-state index in [0.717, 1.165) is 25.9 Å². The average Bonchev–Trinajstić information content (AvgIpc) is 2.69. The number of nitrogens with zero attached hydrogens (tertiary/aromatic N) is 2. The fraction of sp³-hybridized carbons (Fsp3) is 0.727. The Labute approximate surface area is 108 Å². The van der Waals surface area contributed by atoms with E-state index in [-0.39, 0.29) is 6.04 Å². The van der Waals surface area contributed by atoms with Crippen LogP contribution in [-0.2, 0) is 10.0 Å². The summed E-state index contributed by atoms with van der Waals surface area (Å²) < 4.78 is 26.7. The van der Waals surface area contributed by atoms with Crippen LogP contribution in [0, 0.1) is 13.8 Å². The maximum Gasteiger partial charge on any atom is 0.246 e. The molecule has 1 fully saturated rings. The molecule has 18 heavy (non-hydrogen) atoms. The van der Waals surface area contributed by atoms with E-state index >= 15 is 0 Å². The minimum absolute atomic E-state index is 0.0740. The summed E-state index contributed by atoms with van der Waals surface area (Å²) in [6.45, 7) is 5.19. The van der Waals surface area contributed by atoms with Crippen molar-refractivity contribution in [3.05, 3.63) is 11.4 Å². The van der Waals surface area contributed by atoms with E-state index in [9.17, 15) is 8.42 Å². The lowest BCUT2D eigenvalue weighted by Gasteiger charge is -2.30. The first-order valence-corrected chi connectivity index (χ1v) is 7.59. The van der Waals surface area contributed by atoms with Gasteiger partial charge in [-0.1, -0.05) is 0 Å². The van der Waals surface area contributed by atoms with Crippen molar-refractivity contribution in [1.29, 1.82) is 0 Å². The van der Waals surface area contributed by atoms with Gasteiger partial charge in [-0.25, -0.2) is 8.42 Å². The molecule has 102 valence electrons. The van der Waals surface area contributed by atoms with Gasteiger partial charge in [0.15, 0.2) is 0 Å². The number of nitrogens with one attached hydrogen (secondary N) is 2. The molecule has 2 heterocycles. The number of rotatable bonds is 3. The summed E-state index contributed by atoms with van der Waals surface area (Å²) in [5.74, 6) is 0. The zero-order valence-electron chi connectivity index (χ0n) is 11.0. The Morgan fingerprint density at radius 1 is 1.28 bits per heavy atom. The number of sulfonamides is 1. The molecule has 0 amide bonds. The van der Waals surface area contributed by atoms with Gasteiger partial charge in [0.2, 0.25) is 10.0 Å². The van der Waals surface area contributed by atoms with Gasteiger partial charge >= 0.3 is 0 Å². The van der Waals surface area contributed by atoms with Crippen LogP contribution in [0.1, 0.15) is 24.2 Å². The molecule has 1 aromatic heterocycles. The monoisotopic (exact) mass is 272 g/mol. The largest absolute Gasteiger partial charge is 0.317 e. The van der Waals surface area contributed by atoms with Crippen LogP contribution in [-0.4, -0.2) is 49.1 Å². The number of piperidine rings is 1. The molecule has 1 aliphatic rings. The molecule has 2 N–H and O–H groups in total. The predicted octanol–water partition coefficient (Wildman–Crippen LogP) is 0.399. The van der Waals surface area contributed by atoms with Crippen LogP contribution in [0.4, 0.5) is 0 Å². The Bertz CT molecular complexity index is 498. The normalized spacial score (nSPS) is 18.4. The highest BCUT2D eigenvalue weighted by molar-refractivity contribution is 7.89. The van der Waals surface area contributed by atoms with Crippen molar-refractivity contribution in [2.45, 2.75) is 37.6 Å². The van der Waals surface area contributed by atoms with Crippen molar-refractivity contribution >= 4 is 10.0 Å². The summed E-state index contributed by atoms with van der Waals surface area (Å²) in [6, 6.07) is 0.0740. The minimum atomic E-state index is -3.44. The molecule has 0 aliphatic carbocycles. The smallest absolute Gasteiger partial charge is 0.246 e. The number of hydrogen-bond donors (Lipinski definition) is 2. The molecule has 6 nitrogen and oxygen atoms in total. The molecule has 1 aliphatic heterocycles. The van der Waals surface area contributed by atoms with Crippen molar-refractivity contribution in [2.24, 2.45) is 0 Å². The van der Waals surface area contributed by atoms with Crippen molar-refractivity contribution < 1.29 is 8.42 Å². The van der Waals surface area contributed by atoms with E-state index in [1.54, 1.807) is 20.9 Å². The van der Waals surface area contributed by atoms with Gasteiger partial charge in [-0.15, -0.1) is 0 Å². The van der Waals surface area contributed by atoms with Gasteiger partial charge in [0.05, 0.1) is 11.4 Å². The lowest BCUT2D eigenvalue weighted by atomic mass is 10.1. The Morgan fingerprint density at radius 2 is 1.89 bits per heavy atom. The van der Waals surface area contributed by atoms with E-state index in [2.05, 4.69) is 15.5 Å². The van der Waals surface area contributed by atoms with Crippen molar-refractivity contribution in [3.63, 3.8) is 0 Å². The maximum atomic E-state index is 12.6. The quantitative estimate of drug-likeness (QED) is 0.835. The highest BCUT2D eigenvalue weighted by atomic mass is 32.2. The summed E-state index contributed by atoms with van der Waals surface area (Å²) in [4.78, 5) is 0.323. The third-order valence-electron chi connectivity index (χ3n) is 3.52. The third-order valence-corrected chi connectivity index (χ3v) is 5.69. The fourth-order valence-corrected chi connectivity index (χ4v) is 4.17. The zero-order valence-corrected chi connectivity index (χ0v) is 11.8. The van der Waals surface area contributed by atoms with Crippen LogP contribution in [0.3, 0.4) is 0 Å². The average molecular weight is 272 g/mol. The van der Waals surface area contributed by atoms with E-state index in [0.29, 0.717) is 16.3 Å². The standard InChI is InChI=1S/C11H20N4O2S/c1-8-11(9(2)14-13-8)18(16,17)15(3)10-4-6-12-7-5-10/h10,12H,4-7H2,1-3H3,(H,13,14). The summed E-state index contributed by atoms with van der Waals surface area (Å²) in [7, 11) is -1.78. The maximum absolute atomic E-state index is 12.6. The zero-order chi connectivity index (χ0) is 13.3. The third kappa shape index (κ3) is 2.30. The predicted molar refractivity (Wildman–Crippen MR) is 68.9 cm³/mol. The minimum Gasteiger partial charge on any atom is -0.317 e. The van der Waals surface area contributed by atoms with Gasteiger partial charge in [0, 0.05) is 13.1 Å². The van der Waals surface area contributed by atoms with Crippen LogP contribution in [0.2, 0.25) is 0 Å². The summed E-state index contributed by atoms with van der Waals surface area (Å²) in [6.07, 6.45) is 1.71. The lowest BCUT2D eigenvalue weighted by molar-refractivity contribution is 0.296. The van der Waals surface area contributed by atoms with E-state index < -0.39 is 10.0 Å². The van der Waals surface area contributed by atoms with E-state index in [1.807, 2.05) is 0 Å². The van der Waals surface area contributed by atoms with Crippen molar-refractivity contribution in [2.75, 3.05) is 20.1 Å². The molecule has 0 bridgehead atoms. The molecule has 2 rings (SSSR count). The first-order chi connectivity index (χ1) is 8.44. The molecule has 0 spiro atoms. The van der Waals surface area contributed by atoms with Gasteiger partial charge in [-0.2, -0.15) is 9.40 Å². The summed E-state index contributed by atoms with van der Waals surface area (Å²) >= 11 is 0. The first-order valence-electron chi connectivity index (χ1n) is 6.15. The second-order valence-electron chi connectivity index (χ2n) is 4.77. The second-order valence-corrected chi connectivity index (χ2v) is 6.70. The number of H-pyrrole nitrogens is 1. The molecular weight excluding hydrogens is 252 g/mol. The fourth-order valence-electron chi connectivity index (χ4n) is 2.43. The van der Waals surface area contributed by atoms with Crippen LogP contribution >= 0.6 is 0 Å². The molecule has 1 saturated heterocycles. The first kappa shape index (κ1) is 13.5. The molecule has 0 radical (unpaired) electrons. The van der Waals surface area contributed by atoms with Gasteiger partial charge < -0.3 is 5.32 Å². The molecule has 0 atom stereocenters. The number of aryl methyl sites for hydroxylation is 2. The van der Waals surface area contributed by atoms with Gasteiger partial charge in [0.1, 0.15) is 4.90 Å². The van der Waals surface area contributed by atoms with Gasteiger partial charge in [-0.3, -0.25) is 5.10 Å². The van der Waals surface area contributed by atoms with E-state index in [4.69, 9.17) is 0 Å². The molecule has 1 aromatic rings. The number of hydrogen-bond acceptors (Lipinski definition) is 4.